The zero-order valence-electron chi connectivity index (χ0n) is 14.2. The molecule has 1 aliphatic rings. The van der Waals surface area contributed by atoms with Gasteiger partial charge in [-0.15, -0.1) is 0 Å². The summed E-state index contributed by atoms with van der Waals surface area (Å²) in [6.07, 6.45) is 0.0165. The van der Waals surface area contributed by atoms with E-state index in [1.165, 1.54) is 17.0 Å². The highest BCUT2D eigenvalue weighted by Crippen LogP contribution is 2.36. The molecule has 3 rings (SSSR count). The maximum Gasteiger partial charge on any atom is 0.271 e. The van der Waals surface area contributed by atoms with Crippen molar-refractivity contribution in [1.29, 1.82) is 0 Å². The number of halogens is 2. The van der Waals surface area contributed by atoms with Crippen LogP contribution in [0.1, 0.15) is 12.0 Å². The molecule has 1 fully saturated rings. The highest BCUT2D eigenvalue weighted by atomic mass is 35.5. The molecule has 1 N–H and O–H groups in total. The molecule has 1 saturated heterocycles. The fraction of sp³-hybridized carbons (Fsp3) is 0.222. The van der Waals surface area contributed by atoms with E-state index in [9.17, 15) is 19.7 Å². The second-order valence-corrected chi connectivity index (χ2v) is 7.01. The van der Waals surface area contributed by atoms with Gasteiger partial charge in [0.15, 0.2) is 0 Å². The number of non-ortho nitro benzene ring substituents is 1. The molecule has 0 unspecified atom stereocenters. The number of nitrogens with zero attached hydrogens (tertiary/aromatic N) is 2. The van der Waals surface area contributed by atoms with Gasteiger partial charge in [0.1, 0.15) is 0 Å². The smallest absolute Gasteiger partial charge is 0.271 e. The largest absolute Gasteiger partial charge is 0.325 e. The number of carbonyl (C=O) groups excluding carboxylic acids is 2. The zero-order chi connectivity index (χ0) is 19.7. The number of hydrogen-bond acceptors (Lipinski definition) is 4. The Morgan fingerprint density at radius 3 is 2.74 bits per heavy atom. The van der Waals surface area contributed by atoms with Gasteiger partial charge in [-0.2, -0.15) is 0 Å². The fourth-order valence-electron chi connectivity index (χ4n) is 2.91. The third-order valence-electron chi connectivity index (χ3n) is 4.41. The molecule has 0 saturated carbocycles. The number of nitro benzene ring substituents is 1. The first-order valence-corrected chi connectivity index (χ1v) is 8.84. The second kappa shape index (κ2) is 7.54. The second-order valence-electron chi connectivity index (χ2n) is 6.22. The number of aryl methyl sites for hydroxylation is 1. The van der Waals surface area contributed by atoms with Crippen molar-refractivity contribution in [2.45, 2.75) is 13.3 Å². The minimum absolute atomic E-state index is 0.0165. The Morgan fingerprint density at radius 2 is 2.04 bits per heavy atom. The maximum atomic E-state index is 12.6. The van der Waals surface area contributed by atoms with Crippen LogP contribution in [-0.2, 0) is 9.59 Å². The summed E-state index contributed by atoms with van der Waals surface area (Å²) in [7, 11) is 0. The fourth-order valence-corrected chi connectivity index (χ4v) is 3.31. The summed E-state index contributed by atoms with van der Waals surface area (Å²) >= 11 is 12.2. The summed E-state index contributed by atoms with van der Waals surface area (Å²) in [4.78, 5) is 36.8. The lowest BCUT2D eigenvalue weighted by atomic mass is 10.1. The van der Waals surface area contributed by atoms with Crippen molar-refractivity contribution in [3.05, 3.63) is 62.1 Å². The Hall–Kier alpha value is -2.64. The van der Waals surface area contributed by atoms with Gasteiger partial charge in [0.2, 0.25) is 11.8 Å². The Kier molecular flexibility index (Phi) is 5.34. The molecule has 1 atom stereocenters. The van der Waals surface area contributed by atoms with E-state index in [4.69, 9.17) is 23.2 Å². The topological polar surface area (TPSA) is 92.5 Å². The molecule has 7 nitrogen and oxygen atoms in total. The van der Waals surface area contributed by atoms with E-state index in [1.54, 1.807) is 31.2 Å². The number of rotatable bonds is 4. The molecule has 0 spiro atoms. The molecule has 27 heavy (non-hydrogen) atoms. The predicted octanol–water partition coefficient (Wildman–Crippen LogP) is 4.20. The van der Waals surface area contributed by atoms with E-state index in [0.29, 0.717) is 22.0 Å². The molecule has 2 aromatic carbocycles. The van der Waals surface area contributed by atoms with Gasteiger partial charge in [-0.3, -0.25) is 19.7 Å². The number of nitro groups is 1. The quantitative estimate of drug-likeness (QED) is 0.606. The van der Waals surface area contributed by atoms with Gasteiger partial charge in [-0.25, -0.2) is 0 Å². The van der Waals surface area contributed by atoms with Crippen LogP contribution in [0.2, 0.25) is 10.0 Å². The van der Waals surface area contributed by atoms with Crippen molar-refractivity contribution in [1.82, 2.24) is 0 Å². The minimum Gasteiger partial charge on any atom is -0.325 e. The number of hydrogen-bond donors (Lipinski definition) is 1. The molecule has 0 bridgehead atoms. The van der Waals surface area contributed by atoms with Crippen LogP contribution in [0.4, 0.5) is 17.1 Å². The van der Waals surface area contributed by atoms with E-state index in [0.717, 1.165) is 0 Å². The molecule has 0 aliphatic carbocycles. The molecular formula is C18H15Cl2N3O4. The third kappa shape index (κ3) is 3.89. The van der Waals surface area contributed by atoms with E-state index >= 15 is 0 Å². The van der Waals surface area contributed by atoms with Crippen molar-refractivity contribution in [3.8, 4) is 0 Å². The van der Waals surface area contributed by atoms with Crippen LogP contribution in [0.3, 0.4) is 0 Å². The number of anilines is 2. The molecule has 140 valence electrons. The van der Waals surface area contributed by atoms with Gasteiger partial charge in [0, 0.05) is 25.1 Å². The molecule has 1 heterocycles. The summed E-state index contributed by atoms with van der Waals surface area (Å²) in [5, 5.41) is 14.2. The van der Waals surface area contributed by atoms with Crippen LogP contribution in [0, 0.1) is 23.0 Å². The summed E-state index contributed by atoms with van der Waals surface area (Å²) < 4.78 is 0. The molecule has 0 aromatic heterocycles. The van der Waals surface area contributed by atoms with Gasteiger partial charge in [-0.05, 0) is 24.6 Å². The first kappa shape index (κ1) is 19.1. The van der Waals surface area contributed by atoms with E-state index < -0.39 is 10.8 Å². The Balaban J connectivity index is 1.78. The van der Waals surface area contributed by atoms with Gasteiger partial charge < -0.3 is 10.2 Å². The average Bonchev–Trinajstić information content (AvgIpc) is 3.01. The predicted molar refractivity (Wildman–Crippen MR) is 103 cm³/mol. The Morgan fingerprint density at radius 1 is 1.30 bits per heavy atom. The van der Waals surface area contributed by atoms with Crippen molar-refractivity contribution in [2.75, 3.05) is 16.8 Å². The van der Waals surface area contributed by atoms with E-state index in [1.807, 2.05) is 0 Å². The number of benzene rings is 2. The number of nitrogens with one attached hydrogen (secondary N) is 1. The standard InChI is InChI=1S/C18H15Cl2N3O4/c1-10-5-6-12(23(26)27)8-14(10)21-18(25)11-7-16(24)22(9-11)15-4-2-3-13(19)17(15)20/h2-6,8,11H,7,9H2,1H3,(H,21,25)/t11-/m1/s1. The average molecular weight is 408 g/mol. The first-order valence-electron chi connectivity index (χ1n) is 8.08. The van der Waals surface area contributed by atoms with Crippen molar-refractivity contribution in [3.63, 3.8) is 0 Å². The number of carbonyl (C=O) groups is 2. The van der Waals surface area contributed by atoms with Crippen LogP contribution < -0.4 is 10.2 Å². The van der Waals surface area contributed by atoms with Crippen molar-refractivity contribution in [2.24, 2.45) is 5.92 Å². The summed E-state index contributed by atoms with van der Waals surface area (Å²) in [5.41, 5.74) is 1.37. The molecular weight excluding hydrogens is 393 g/mol. The SMILES string of the molecule is Cc1ccc([N+](=O)[O-])cc1NC(=O)[C@@H]1CC(=O)N(c2cccc(Cl)c2Cl)C1. The summed E-state index contributed by atoms with van der Waals surface area (Å²) in [6, 6.07) is 9.19. The lowest BCUT2D eigenvalue weighted by Gasteiger charge is -2.18. The van der Waals surface area contributed by atoms with Crippen LogP contribution in [-0.4, -0.2) is 23.3 Å². The molecule has 0 radical (unpaired) electrons. The first-order chi connectivity index (χ1) is 12.8. The highest BCUT2D eigenvalue weighted by Gasteiger charge is 2.36. The number of amides is 2. The summed E-state index contributed by atoms with van der Waals surface area (Å²) in [5.74, 6) is -1.23. The normalized spacial score (nSPS) is 16.5. The lowest BCUT2D eigenvalue weighted by Crippen LogP contribution is -2.28. The van der Waals surface area contributed by atoms with Crippen LogP contribution in [0.15, 0.2) is 36.4 Å². The van der Waals surface area contributed by atoms with Crippen molar-refractivity contribution >= 4 is 52.1 Å². The zero-order valence-corrected chi connectivity index (χ0v) is 15.8. The van der Waals surface area contributed by atoms with Crippen molar-refractivity contribution < 1.29 is 14.5 Å². The van der Waals surface area contributed by atoms with Crippen LogP contribution >= 0.6 is 23.2 Å². The van der Waals surface area contributed by atoms with E-state index in [-0.39, 0.29) is 35.5 Å². The molecule has 9 heteroatoms. The highest BCUT2D eigenvalue weighted by molar-refractivity contribution is 6.44. The van der Waals surface area contributed by atoms with Gasteiger partial charge in [0.25, 0.3) is 5.69 Å². The minimum atomic E-state index is -0.605. The maximum absolute atomic E-state index is 12.6. The van der Waals surface area contributed by atoms with Gasteiger partial charge in [-0.1, -0.05) is 35.3 Å². The lowest BCUT2D eigenvalue weighted by molar-refractivity contribution is -0.384. The third-order valence-corrected chi connectivity index (χ3v) is 5.22. The molecule has 1 aliphatic heterocycles. The van der Waals surface area contributed by atoms with Crippen LogP contribution in [0.5, 0.6) is 0 Å². The van der Waals surface area contributed by atoms with E-state index in [2.05, 4.69) is 5.32 Å². The van der Waals surface area contributed by atoms with Gasteiger partial charge >= 0.3 is 0 Å². The summed E-state index contributed by atoms with van der Waals surface area (Å²) in [6.45, 7) is 1.88. The Bertz CT molecular complexity index is 948. The monoisotopic (exact) mass is 407 g/mol. The molecule has 2 aromatic rings. The molecule has 2 amide bonds. The van der Waals surface area contributed by atoms with Gasteiger partial charge in [0.05, 0.1) is 32.3 Å². The van der Waals surface area contributed by atoms with Crippen LogP contribution in [0.25, 0.3) is 0 Å². The Labute approximate surface area is 165 Å².